The Kier molecular flexibility index (Phi) is 7.44. The van der Waals surface area contributed by atoms with Gasteiger partial charge in [0, 0.05) is 13.0 Å². The zero-order valence-electron chi connectivity index (χ0n) is 17.0. The van der Waals surface area contributed by atoms with Crippen LogP contribution in [-0.4, -0.2) is 17.3 Å². The molecule has 2 aromatic rings. The third-order valence-electron chi connectivity index (χ3n) is 5.11. The van der Waals surface area contributed by atoms with E-state index >= 15 is 0 Å². The number of nitrogens with one attached hydrogen (secondary N) is 1. The maximum atomic E-state index is 12.6. The number of aliphatic hydroxyl groups excluding tert-OH is 1. The third kappa shape index (κ3) is 6.17. The van der Waals surface area contributed by atoms with Crippen LogP contribution in [0.5, 0.6) is 0 Å². The number of hydrogen-bond donors (Lipinski definition) is 2. The Balaban J connectivity index is 1.59. The van der Waals surface area contributed by atoms with E-state index in [0.717, 1.165) is 16.7 Å². The van der Waals surface area contributed by atoms with E-state index in [1.54, 1.807) is 0 Å². The van der Waals surface area contributed by atoms with Crippen LogP contribution >= 0.6 is 0 Å². The summed E-state index contributed by atoms with van der Waals surface area (Å²) >= 11 is 0. The Morgan fingerprint density at radius 2 is 1.79 bits per heavy atom. The van der Waals surface area contributed by atoms with E-state index in [9.17, 15) is 4.79 Å². The van der Waals surface area contributed by atoms with Crippen molar-refractivity contribution >= 4 is 5.91 Å². The van der Waals surface area contributed by atoms with Crippen LogP contribution in [-0.2, 0) is 34.0 Å². The fraction of sp³-hybridized carbons (Fsp3) is 0.375. The predicted octanol–water partition coefficient (Wildman–Crippen LogP) is 3.91. The van der Waals surface area contributed by atoms with Crippen molar-refractivity contribution in [3.8, 4) is 0 Å². The second-order valence-corrected chi connectivity index (χ2v) is 7.68. The molecule has 2 atom stereocenters. The Hall–Kier alpha value is -2.63. The Morgan fingerprint density at radius 3 is 2.45 bits per heavy atom. The van der Waals surface area contributed by atoms with Crippen LogP contribution in [0.25, 0.3) is 0 Å². The van der Waals surface area contributed by atoms with Crippen LogP contribution in [0.1, 0.15) is 37.0 Å². The largest absolute Gasteiger partial charge is 0.459 e. The van der Waals surface area contributed by atoms with E-state index in [0.29, 0.717) is 31.2 Å². The van der Waals surface area contributed by atoms with E-state index in [4.69, 9.17) is 14.6 Å². The SMILES string of the molecule is CC(C)C1C=C(C(=O)NCc2ccccc2)OC(OCc2ccc(CO)cc2)C1. The summed E-state index contributed by atoms with van der Waals surface area (Å²) in [5, 5.41) is 12.1. The van der Waals surface area contributed by atoms with Crippen molar-refractivity contribution in [1.82, 2.24) is 5.32 Å². The average Bonchev–Trinajstić information content (AvgIpc) is 2.76. The van der Waals surface area contributed by atoms with Gasteiger partial charge < -0.3 is 19.9 Å². The molecular weight excluding hydrogens is 366 g/mol. The standard InChI is InChI=1S/C24H29NO4/c1-17(2)21-12-22(24(27)25-14-18-6-4-3-5-7-18)29-23(13-21)28-16-20-10-8-19(15-26)9-11-20/h3-12,17,21,23,26H,13-16H2,1-2H3,(H,25,27). The summed E-state index contributed by atoms with van der Waals surface area (Å²) < 4.78 is 11.8. The number of rotatable bonds is 8. The van der Waals surface area contributed by atoms with Gasteiger partial charge in [0.05, 0.1) is 13.2 Å². The fourth-order valence-corrected chi connectivity index (χ4v) is 3.20. The first-order valence-corrected chi connectivity index (χ1v) is 10.1. The number of carbonyl (C=O) groups excluding carboxylic acids is 1. The van der Waals surface area contributed by atoms with Gasteiger partial charge in [0.25, 0.3) is 5.91 Å². The van der Waals surface area contributed by atoms with Gasteiger partial charge in [0.15, 0.2) is 5.76 Å². The van der Waals surface area contributed by atoms with Crippen molar-refractivity contribution in [2.45, 2.75) is 46.3 Å². The quantitative estimate of drug-likeness (QED) is 0.711. The first-order chi connectivity index (χ1) is 14.0. The van der Waals surface area contributed by atoms with E-state index in [-0.39, 0.29) is 18.4 Å². The van der Waals surface area contributed by atoms with Crippen molar-refractivity contribution in [3.05, 3.63) is 83.1 Å². The monoisotopic (exact) mass is 395 g/mol. The molecule has 2 unspecified atom stereocenters. The van der Waals surface area contributed by atoms with Crippen LogP contribution in [0.3, 0.4) is 0 Å². The minimum absolute atomic E-state index is 0.0230. The first-order valence-electron chi connectivity index (χ1n) is 10.1. The lowest BCUT2D eigenvalue weighted by atomic mass is 9.90. The fourth-order valence-electron chi connectivity index (χ4n) is 3.20. The lowest BCUT2D eigenvalue weighted by Gasteiger charge is -2.31. The maximum absolute atomic E-state index is 12.6. The summed E-state index contributed by atoms with van der Waals surface area (Å²) in [6, 6.07) is 17.4. The maximum Gasteiger partial charge on any atom is 0.286 e. The molecular formula is C24H29NO4. The highest BCUT2D eigenvalue weighted by molar-refractivity contribution is 5.91. The number of ether oxygens (including phenoxy) is 2. The molecule has 0 bridgehead atoms. The number of hydrogen-bond acceptors (Lipinski definition) is 4. The molecule has 2 aromatic carbocycles. The van der Waals surface area contributed by atoms with Crippen LogP contribution in [0.15, 0.2) is 66.4 Å². The number of carbonyl (C=O) groups is 1. The van der Waals surface area contributed by atoms with Gasteiger partial charge in [-0.1, -0.05) is 68.4 Å². The van der Waals surface area contributed by atoms with Gasteiger partial charge in [-0.15, -0.1) is 0 Å². The zero-order valence-corrected chi connectivity index (χ0v) is 17.0. The summed E-state index contributed by atoms with van der Waals surface area (Å²) in [6.07, 6.45) is 2.16. The first kappa shape index (κ1) is 21.1. The predicted molar refractivity (Wildman–Crippen MR) is 111 cm³/mol. The molecule has 0 fully saturated rings. The molecule has 1 heterocycles. The van der Waals surface area contributed by atoms with Crippen molar-refractivity contribution in [3.63, 3.8) is 0 Å². The Morgan fingerprint density at radius 1 is 1.10 bits per heavy atom. The summed E-state index contributed by atoms with van der Waals surface area (Å²) in [5.74, 6) is 0.695. The summed E-state index contributed by atoms with van der Waals surface area (Å²) in [5.41, 5.74) is 2.90. The molecule has 0 saturated carbocycles. The van der Waals surface area contributed by atoms with Crippen LogP contribution < -0.4 is 5.32 Å². The van der Waals surface area contributed by atoms with E-state index in [1.807, 2.05) is 60.7 Å². The van der Waals surface area contributed by atoms with Gasteiger partial charge in [-0.3, -0.25) is 4.79 Å². The molecule has 1 amide bonds. The third-order valence-corrected chi connectivity index (χ3v) is 5.11. The number of aliphatic hydroxyl groups is 1. The molecule has 5 nitrogen and oxygen atoms in total. The minimum atomic E-state index is -0.470. The highest BCUT2D eigenvalue weighted by Gasteiger charge is 2.29. The van der Waals surface area contributed by atoms with Crippen molar-refractivity contribution in [2.24, 2.45) is 11.8 Å². The smallest absolute Gasteiger partial charge is 0.286 e. The van der Waals surface area contributed by atoms with E-state index in [1.165, 1.54) is 0 Å². The molecule has 0 radical (unpaired) electrons. The van der Waals surface area contributed by atoms with Gasteiger partial charge in [0.1, 0.15) is 0 Å². The number of allylic oxidation sites excluding steroid dienone is 1. The minimum Gasteiger partial charge on any atom is -0.459 e. The van der Waals surface area contributed by atoms with Crippen LogP contribution in [0.4, 0.5) is 0 Å². The van der Waals surface area contributed by atoms with Gasteiger partial charge in [0.2, 0.25) is 6.29 Å². The molecule has 5 heteroatoms. The molecule has 1 aliphatic heterocycles. The molecule has 29 heavy (non-hydrogen) atoms. The van der Waals surface area contributed by atoms with Crippen LogP contribution in [0.2, 0.25) is 0 Å². The summed E-state index contributed by atoms with van der Waals surface area (Å²) in [4.78, 5) is 12.6. The topological polar surface area (TPSA) is 67.8 Å². The normalized spacial score (nSPS) is 18.8. The molecule has 0 spiro atoms. The lowest BCUT2D eigenvalue weighted by Crippen LogP contribution is -2.34. The molecule has 0 aromatic heterocycles. The molecule has 0 aliphatic carbocycles. The highest BCUT2D eigenvalue weighted by Crippen LogP contribution is 2.29. The van der Waals surface area contributed by atoms with Gasteiger partial charge in [-0.2, -0.15) is 0 Å². The lowest BCUT2D eigenvalue weighted by molar-refractivity contribution is -0.155. The van der Waals surface area contributed by atoms with Crippen molar-refractivity contribution in [1.29, 1.82) is 0 Å². The highest BCUT2D eigenvalue weighted by atomic mass is 16.7. The van der Waals surface area contributed by atoms with Crippen molar-refractivity contribution < 1.29 is 19.4 Å². The molecule has 2 N–H and O–H groups in total. The number of amides is 1. The van der Waals surface area contributed by atoms with Gasteiger partial charge >= 0.3 is 0 Å². The second kappa shape index (κ2) is 10.2. The molecule has 3 rings (SSSR count). The molecule has 154 valence electrons. The Labute approximate surface area is 172 Å². The number of benzene rings is 2. The Bertz CT molecular complexity index is 815. The van der Waals surface area contributed by atoms with E-state index in [2.05, 4.69) is 19.2 Å². The van der Waals surface area contributed by atoms with E-state index < -0.39 is 6.29 Å². The zero-order chi connectivity index (χ0) is 20.6. The second-order valence-electron chi connectivity index (χ2n) is 7.68. The van der Waals surface area contributed by atoms with Crippen molar-refractivity contribution in [2.75, 3.05) is 0 Å². The summed E-state index contributed by atoms with van der Waals surface area (Å²) in [6.45, 7) is 5.14. The molecule has 1 aliphatic rings. The van der Waals surface area contributed by atoms with Gasteiger partial charge in [-0.05, 0) is 34.6 Å². The summed E-state index contributed by atoms with van der Waals surface area (Å²) in [7, 11) is 0. The van der Waals surface area contributed by atoms with Crippen LogP contribution in [0, 0.1) is 11.8 Å². The molecule has 0 saturated heterocycles. The van der Waals surface area contributed by atoms with Gasteiger partial charge in [-0.25, -0.2) is 0 Å². The average molecular weight is 395 g/mol.